The van der Waals surface area contributed by atoms with E-state index < -0.39 is 0 Å². The summed E-state index contributed by atoms with van der Waals surface area (Å²) in [6.07, 6.45) is 1.57. The fourth-order valence-corrected chi connectivity index (χ4v) is 1.84. The first kappa shape index (κ1) is 16.2. The first-order chi connectivity index (χ1) is 9.09. The molecule has 0 spiro atoms. The van der Waals surface area contributed by atoms with Gasteiger partial charge in [-0.3, -0.25) is 9.48 Å². The first-order valence-electron chi connectivity index (χ1n) is 6.17. The maximum atomic E-state index is 12.0. The van der Waals surface area contributed by atoms with Crippen LogP contribution in [-0.4, -0.2) is 22.2 Å². The molecule has 0 bridgehead atoms. The molecule has 1 aromatic heterocycles. The zero-order valence-corrected chi connectivity index (χ0v) is 12.4. The number of benzene rings is 1. The third kappa shape index (κ3) is 3.59. The zero-order valence-electron chi connectivity index (χ0n) is 11.5. The number of hydrogen-bond acceptors (Lipinski definition) is 3. The highest BCUT2D eigenvalue weighted by atomic mass is 35.5. The van der Waals surface area contributed by atoms with Crippen LogP contribution in [0.2, 0.25) is 0 Å². The maximum Gasteiger partial charge on any atom is 0.254 e. The number of amides is 1. The predicted molar refractivity (Wildman–Crippen MR) is 80.9 cm³/mol. The number of hydrogen-bond donors (Lipinski definition) is 2. The number of nitrogens with two attached hydrogens (primary N) is 1. The van der Waals surface area contributed by atoms with Crippen LogP contribution in [0.25, 0.3) is 0 Å². The third-order valence-electron chi connectivity index (χ3n) is 3.19. The molecule has 0 aliphatic carbocycles. The molecule has 0 saturated heterocycles. The molecule has 0 fully saturated rings. The number of carbonyl (C=O) groups is 1. The van der Waals surface area contributed by atoms with Crippen LogP contribution in [0.15, 0.2) is 36.5 Å². The molecular formula is C14H19ClN4O. The highest BCUT2D eigenvalue weighted by molar-refractivity contribution is 5.95. The maximum absolute atomic E-state index is 12.0. The minimum Gasteiger partial charge on any atom is -0.350 e. The Kier molecular flexibility index (Phi) is 5.73. The number of nitrogens with zero attached hydrogens (tertiary/aromatic N) is 2. The van der Waals surface area contributed by atoms with Crippen LogP contribution in [0, 0.1) is 6.92 Å². The van der Waals surface area contributed by atoms with E-state index in [1.54, 1.807) is 10.9 Å². The van der Waals surface area contributed by atoms with Crippen LogP contribution in [0.4, 0.5) is 0 Å². The SMILES string of the molecule is Cc1c(C(=O)NCC(N)c2ccccc2)cnn1C.Cl. The Morgan fingerprint density at radius 3 is 2.60 bits per heavy atom. The first-order valence-corrected chi connectivity index (χ1v) is 6.17. The van der Waals surface area contributed by atoms with Gasteiger partial charge in [-0.05, 0) is 12.5 Å². The molecule has 5 nitrogen and oxygen atoms in total. The van der Waals surface area contributed by atoms with Gasteiger partial charge in [0.05, 0.1) is 11.8 Å². The van der Waals surface area contributed by atoms with Crippen molar-refractivity contribution in [2.45, 2.75) is 13.0 Å². The molecule has 20 heavy (non-hydrogen) atoms. The topological polar surface area (TPSA) is 72.9 Å². The van der Waals surface area contributed by atoms with E-state index in [9.17, 15) is 4.79 Å². The Bertz CT molecular complexity index is 568. The van der Waals surface area contributed by atoms with Gasteiger partial charge < -0.3 is 11.1 Å². The minimum atomic E-state index is -0.206. The molecule has 2 rings (SSSR count). The summed E-state index contributed by atoms with van der Waals surface area (Å²) >= 11 is 0. The van der Waals surface area contributed by atoms with Crippen molar-refractivity contribution in [3.63, 3.8) is 0 Å². The van der Waals surface area contributed by atoms with Crippen LogP contribution in [0.5, 0.6) is 0 Å². The molecule has 1 heterocycles. The largest absolute Gasteiger partial charge is 0.350 e. The lowest BCUT2D eigenvalue weighted by Crippen LogP contribution is -2.32. The van der Waals surface area contributed by atoms with Gasteiger partial charge in [0, 0.05) is 25.3 Å². The van der Waals surface area contributed by atoms with Crippen molar-refractivity contribution in [1.29, 1.82) is 0 Å². The summed E-state index contributed by atoms with van der Waals surface area (Å²) in [7, 11) is 1.81. The Labute approximate surface area is 124 Å². The van der Waals surface area contributed by atoms with Crippen LogP contribution in [0.3, 0.4) is 0 Å². The number of rotatable bonds is 4. The van der Waals surface area contributed by atoms with Gasteiger partial charge in [-0.15, -0.1) is 12.4 Å². The van der Waals surface area contributed by atoms with Gasteiger partial charge in [0.2, 0.25) is 0 Å². The Balaban J connectivity index is 0.00000200. The monoisotopic (exact) mass is 294 g/mol. The Hall–Kier alpha value is -1.85. The van der Waals surface area contributed by atoms with Gasteiger partial charge in [0.1, 0.15) is 0 Å². The Morgan fingerprint density at radius 1 is 1.40 bits per heavy atom. The predicted octanol–water partition coefficient (Wildman–Crippen LogP) is 1.58. The molecule has 108 valence electrons. The standard InChI is InChI=1S/C14H18N4O.ClH/c1-10-12(8-17-18(10)2)14(19)16-9-13(15)11-6-4-3-5-7-11;/h3-8,13H,9,15H2,1-2H3,(H,16,19);1H. The summed E-state index contributed by atoms with van der Waals surface area (Å²) in [6, 6.07) is 9.50. The summed E-state index contributed by atoms with van der Waals surface area (Å²) in [5.74, 6) is -0.142. The van der Waals surface area contributed by atoms with E-state index in [1.807, 2.05) is 44.3 Å². The average molecular weight is 295 g/mol. The number of halogens is 1. The second-order valence-corrected chi connectivity index (χ2v) is 4.49. The van der Waals surface area contributed by atoms with E-state index in [0.717, 1.165) is 11.3 Å². The van der Waals surface area contributed by atoms with Gasteiger partial charge >= 0.3 is 0 Å². The van der Waals surface area contributed by atoms with Crippen LogP contribution in [0.1, 0.15) is 27.7 Å². The molecule has 1 unspecified atom stereocenters. The second kappa shape index (κ2) is 7.07. The van der Waals surface area contributed by atoms with Crippen LogP contribution < -0.4 is 11.1 Å². The highest BCUT2D eigenvalue weighted by Gasteiger charge is 2.14. The molecule has 0 aliphatic heterocycles. The van der Waals surface area contributed by atoms with Gasteiger partial charge in [0.15, 0.2) is 0 Å². The fraction of sp³-hybridized carbons (Fsp3) is 0.286. The third-order valence-corrected chi connectivity index (χ3v) is 3.19. The van der Waals surface area contributed by atoms with Crippen molar-refractivity contribution in [2.24, 2.45) is 12.8 Å². The van der Waals surface area contributed by atoms with E-state index >= 15 is 0 Å². The molecule has 1 amide bonds. The minimum absolute atomic E-state index is 0. The summed E-state index contributed by atoms with van der Waals surface area (Å²) < 4.78 is 1.67. The van der Waals surface area contributed by atoms with Crippen molar-refractivity contribution in [2.75, 3.05) is 6.54 Å². The average Bonchev–Trinajstić information content (AvgIpc) is 2.77. The molecule has 2 aromatic rings. The number of nitrogens with one attached hydrogen (secondary N) is 1. The summed E-state index contributed by atoms with van der Waals surface area (Å²) in [4.78, 5) is 12.0. The number of aromatic nitrogens is 2. The van der Waals surface area contributed by atoms with E-state index in [2.05, 4.69) is 10.4 Å². The van der Waals surface area contributed by atoms with Crippen molar-refractivity contribution in [3.8, 4) is 0 Å². The van der Waals surface area contributed by atoms with Gasteiger partial charge in [-0.2, -0.15) is 5.10 Å². The van der Waals surface area contributed by atoms with Gasteiger partial charge in [-0.25, -0.2) is 0 Å². The molecule has 1 aromatic carbocycles. The lowest BCUT2D eigenvalue weighted by Gasteiger charge is -2.13. The van der Waals surface area contributed by atoms with Crippen LogP contribution >= 0.6 is 12.4 Å². The Morgan fingerprint density at radius 2 is 2.05 bits per heavy atom. The quantitative estimate of drug-likeness (QED) is 0.899. The van der Waals surface area contributed by atoms with E-state index in [4.69, 9.17) is 5.73 Å². The molecule has 0 saturated carbocycles. The van der Waals surface area contributed by atoms with Crippen molar-refractivity contribution in [3.05, 3.63) is 53.3 Å². The molecule has 0 radical (unpaired) electrons. The molecule has 1 atom stereocenters. The van der Waals surface area contributed by atoms with Gasteiger partial charge in [-0.1, -0.05) is 30.3 Å². The smallest absolute Gasteiger partial charge is 0.254 e. The van der Waals surface area contributed by atoms with Crippen molar-refractivity contribution < 1.29 is 4.79 Å². The van der Waals surface area contributed by atoms with E-state index in [1.165, 1.54) is 0 Å². The lowest BCUT2D eigenvalue weighted by molar-refractivity contribution is 0.0950. The lowest BCUT2D eigenvalue weighted by atomic mass is 10.1. The molecule has 3 N–H and O–H groups in total. The van der Waals surface area contributed by atoms with Crippen LogP contribution in [-0.2, 0) is 7.05 Å². The van der Waals surface area contributed by atoms with E-state index in [0.29, 0.717) is 12.1 Å². The zero-order chi connectivity index (χ0) is 13.8. The second-order valence-electron chi connectivity index (χ2n) is 4.49. The van der Waals surface area contributed by atoms with E-state index in [-0.39, 0.29) is 24.4 Å². The molecular weight excluding hydrogens is 276 g/mol. The molecule has 0 aliphatic rings. The number of carbonyl (C=O) groups excluding carboxylic acids is 1. The highest BCUT2D eigenvalue weighted by Crippen LogP contribution is 2.09. The number of aryl methyl sites for hydroxylation is 1. The molecule has 6 heteroatoms. The normalized spacial score (nSPS) is 11.6. The summed E-state index contributed by atoms with van der Waals surface area (Å²) in [5, 5.41) is 6.88. The van der Waals surface area contributed by atoms with Crippen molar-refractivity contribution >= 4 is 18.3 Å². The summed E-state index contributed by atoms with van der Waals surface area (Å²) in [6.45, 7) is 2.26. The fourth-order valence-electron chi connectivity index (χ4n) is 1.84. The summed E-state index contributed by atoms with van der Waals surface area (Å²) in [5.41, 5.74) is 8.46. The van der Waals surface area contributed by atoms with Crippen molar-refractivity contribution in [1.82, 2.24) is 15.1 Å². The van der Waals surface area contributed by atoms with Gasteiger partial charge in [0.25, 0.3) is 5.91 Å².